The predicted octanol–water partition coefficient (Wildman–Crippen LogP) is 6.31. The van der Waals surface area contributed by atoms with Gasteiger partial charge in [-0.05, 0) is 58.9 Å². The molecule has 3 aromatic carbocycles. The fourth-order valence-corrected chi connectivity index (χ4v) is 5.97. The number of benzene rings is 3. The minimum Gasteiger partial charge on any atom is -0.296 e. The molecular weight excluding hydrogens is 510 g/mol. The third-order valence-electron chi connectivity index (χ3n) is 6.19. The topological polar surface area (TPSA) is 82.4 Å². The van der Waals surface area contributed by atoms with Gasteiger partial charge in [0, 0.05) is 12.1 Å². The van der Waals surface area contributed by atoms with Crippen molar-refractivity contribution in [3.8, 4) is 22.5 Å². The number of fused-ring (bicyclic) bond motifs is 1. The number of hydrogen-bond donors (Lipinski definition) is 2. The molecule has 0 aliphatic carbocycles. The summed E-state index contributed by atoms with van der Waals surface area (Å²) in [6, 6.07) is 14.7. The highest BCUT2D eigenvalue weighted by Crippen LogP contribution is 2.41. The summed E-state index contributed by atoms with van der Waals surface area (Å²) in [5.74, 6) is -1.53. The molecule has 2 N–H and O–H groups in total. The highest BCUT2D eigenvalue weighted by molar-refractivity contribution is 7.93. The zero-order valence-electron chi connectivity index (χ0n) is 19.8. The van der Waals surface area contributed by atoms with Crippen LogP contribution in [-0.4, -0.2) is 21.2 Å². The van der Waals surface area contributed by atoms with E-state index < -0.39 is 34.7 Å². The minimum atomic E-state index is -4.40. The summed E-state index contributed by atoms with van der Waals surface area (Å²) in [5.41, 5.74) is 2.20. The summed E-state index contributed by atoms with van der Waals surface area (Å²) >= 11 is -1.51. The smallest absolute Gasteiger partial charge is 0.296 e. The molecule has 0 saturated carbocycles. The van der Waals surface area contributed by atoms with Crippen LogP contribution in [0.25, 0.3) is 22.5 Å². The molecule has 37 heavy (non-hydrogen) atoms. The summed E-state index contributed by atoms with van der Waals surface area (Å²) in [5, 5.41) is 3.50. The van der Waals surface area contributed by atoms with Crippen molar-refractivity contribution >= 4 is 17.0 Å². The third kappa shape index (κ3) is 5.01. The molecule has 1 unspecified atom stereocenters. The predicted molar refractivity (Wildman–Crippen MR) is 132 cm³/mol. The third-order valence-corrected chi connectivity index (χ3v) is 7.61. The van der Waals surface area contributed by atoms with E-state index in [2.05, 4.69) is 28.5 Å². The lowest BCUT2D eigenvalue weighted by atomic mass is 9.81. The quantitative estimate of drug-likeness (QED) is 0.238. The summed E-state index contributed by atoms with van der Waals surface area (Å²) in [7, 11) is 0. The normalized spacial score (nSPS) is 15.9. The second-order valence-electron chi connectivity index (χ2n) is 9.65. The van der Waals surface area contributed by atoms with Gasteiger partial charge in [0.2, 0.25) is 4.90 Å². The number of nitrogens with zero attached hydrogens (tertiary/aromatic N) is 2. The number of alkyl halides is 3. The zero-order chi connectivity index (χ0) is 26.5. The van der Waals surface area contributed by atoms with Gasteiger partial charge in [0.1, 0.15) is 5.82 Å². The SMILES string of the molecule is CC1(C)Cc2cc(-c3ccc(C(F)(F)F)cc3)ccc2N([S+](O)c2ccc(-c3noc(=O)[nH]3)c(F)c2)C1. The first kappa shape index (κ1) is 25.1. The van der Waals surface area contributed by atoms with E-state index in [1.807, 2.05) is 16.4 Å². The molecule has 1 aliphatic rings. The van der Waals surface area contributed by atoms with Crippen molar-refractivity contribution in [2.24, 2.45) is 5.41 Å². The van der Waals surface area contributed by atoms with Crippen molar-refractivity contribution in [3.63, 3.8) is 0 Å². The van der Waals surface area contributed by atoms with Crippen molar-refractivity contribution < 1.29 is 26.6 Å². The maximum Gasteiger partial charge on any atom is 0.439 e. The Hall–Kier alpha value is -3.57. The molecule has 0 fully saturated rings. The maximum absolute atomic E-state index is 14.9. The number of hydrogen-bond acceptors (Lipinski definition) is 5. The monoisotopic (exact) mass is 532 g/mol. The Morgan fingerprint density at radius 2 is 1.76 bits per heavy atom. The number of nitrogens with one attached hydrogen (secondary N) is 1. The molecule has 0 bridgehead atoms. The molecular formula is C26H22F4N3O3S+. The summed E-state index contributed by atoms with van der Waals surface area (Å²) in [6.45, 7) is 4.60. The van der Waals surface area contributed by atoms with E-state index in [1.165, 1.54) is 24.3 Å². The fourth-order valence-electron chi connectivity index (χ4n) is 4.48. The standard InChI is InChI=1S/C26H21F4N3O3S/c1-25(2)13-17-11-16(15-3-6-18(7-4-15)26(28,29)30)5-10-22(17)33(14-25)37(35)19-8-9-20(21(27)12-19)23-31-24(34)36-32-23/h3-12,35H,13-14H2,1-2H3/p+1. The lowest BCUT2D eigenvalue weighted by Crippen LogP contribution is -2.43. The zero-order valence-corrected chi connectivity index (χ0v) is 20.6. The van der Waals surface area contributed by atoms with Gasteiger partial charge in [-0.1, -0.05) is 37.2 Å². The van der Waals surface area contributed by atoms with Gasteiger partial charge < -0.3 is 0 Å². The van der Waals surface area contributed by atoms with Gasteiger partial charge in [-0.2, -0.15) is 22.0 Å². The first-order chi connectivity index (χ1) is 17.4. The van der Waals surface area contributed by atoms with Crippen LogP contribution in [0.4, 0.5) is 23.2 Å². The lowest BCUT2D eigenvalue weighted by Gasteiger charge is -2.36. The second kappa shape index (κ2) is 9.07. The van der Waals surface area contributed by atoms with E-state index in [9.17, 15) is 26.9 Å². The van der Waals surface area contributed by atoms with Gasteiger partial charge in [-0.15, -0.1) is 0 Å². The number of rotatable bonds is 4. The average molecular weight is 533 g/mol. The van der Waals surface area contributed by atoms with Gasteiger partial charge in [0.05, 0.1) is 23.4 Å². The second-order valence-corrected chi connectivity index (χ2v) is 11.1. The Bertz CT molecular complexity index is 1510. The number of anilines is 1. The fraction of sp³-hybridized carbons (Fsp3) is 0.231. The first-order valence-electron chi connectivity index (χ1n) is 11.3. The summed E-state index contributed by atoms with van der Waals surface area (Å²) in [4.78, 5) is 13.8. The molecule has 5 rings (SSSR count). The van der Waals surface area contributed by atoms with Crippen LogP contribution in [0.3, 0.4) is 0 Å². The van der Waals surface area contributed by atoms with Crippen LogP contribution in [0.1, 0.15) is 25.0 Å². The van der Waals surface area contributed by atoms with Crippen LogP contribution in [0.5, 0.6) is 0 Å². The van der Waals surface area contributed by atoms with E-state index in [1.54, 1.807) is 12.1 Å². The molecule has 1 aromatic heterocycles. The van der Waals surface area contributed by atoms with Crippen molar-refractivity contribution in [3.05, 3.63) is 88.2 Å². The highest BCUT2D eigenvalue weighted by Gasteiger charge is 2.41. The Balaban J connectivity index is 1.47. The summed E-state index contributed by atoms with van der Waals surface area (Å²) in [6.07, 6.45) is -3.71. The van der Waals surface area contributed by atoms with Crippen LogP contribution in [-0.2, 0) is 24.0 Å². The van der Waals surface area contributed by atoms with Crippen LogP contribution in [0, 0.1) is 11.2 Å². The molecule has 6 nitrogen and oxygen atoms in total. The highest BCUT2D eigenvalue weighted by atomic mass is 32.2. The molecule has 0 spiro atoms. The molecule has 192 valence electrons. The maximum atomic E-state index is 14.9. The lowest BCUT2D eigenvalue weighted by molar-refractivity contribution is -0.137. The van der Waals surface area contributed by atoms with Gasteiger partial charge in [0.15, 0.2) is 5.82 Å². The molecule has 0 radical (unpaired) electrons. The molecule has 2 heterocycles. The molecule has 0 saturated heterocycles. The molecule has 1 atom stereocenters. The van der Waals surface area contributed by atoms with Crippen molar-refractivity contribution in [1.82, 2.24) is 10.1 Å². The van der Waals surface area contributed by atoms with Crippen molar-refractivity contribution in [1.29, 1.82) is 0 Å². The largest absolute Gasteiger partial charge is 0.439 e. The molecule has 1 aliphatic heterocycles. The number of H-pyrrole nitrogens is 1. The van der Waals surface area contributed by atoms with E-state index in [0.29, 0.717) is 23.4 Å². The van der Waals surface area contributed by atoms with Crippen LogP contribution < -0.4 is 10.1 Å². The van der Waals surface area contributed by atoms with Crippen LogP contribution in [0.2, 0.25) is 0 Å². The first-order valence-corrected chi connectivity index (χ1v) is 12.4. The Morgan fingerprint density at radius 1 is 1.05 bits per heavy atom. The van der Waals surface area contributed by atoms with E-state index in [0.717, 1.165) is 28.9 Å². The van der Waals surface area contributed by atoms with Gasteiger partial charge >= 0.3 is 23.3 Å². The van der Waals surface area contributed by atoms with Gasteiger partial charge in [0.25, 0.3) is 0 Å². The number of halogens is 4. The number of aromatic amines is 1. The Kier molecular flexibility index (Phi) is 6.15. The van der Waals surface area contributed by atoms with Crippen LogP contribution in [0.15, 0.2) is 74.9 Å². The number of aromatic nitrogens is 2. The molecule has 0 amide bonds. The van der Waals surface area contributed by atoms with Crippen molar-refractivity contribution in [2.45, 2.75) is 31.3 Å². The average Bonchev–Trinajstić information content (AvgIpc) is 3.27. The molecule has 4 aromatic rings. The van der Waals surface area contributed by atoms with Gasteiger partial charge in [-0.3, -0.25) is 9.51 Å². The minimum absolute atomic E-state index is 0.0344. The summed E-state index contributed by atoms with van der Waals surface area (Å²) < 4.78 is 71.3. The van der Waals surface area contributed by atoms with Crippen molar-refractivity contribution in [2.75, 3.05) is 10.8 Å². The van der Waals surface area contributed by atoms with Crippen LogP contribution >= 0.6 is 0 Å². The van der Waals surface area contributed by atoms with E-state index in [-0.39, 0.29) is 16.8 Å². The molecule has 11 heteroatoms. The Morgan fingerprint density at radius 3 is 2.38 bits per heavy atom. The van der Waals surface area contributed by atoms with E-state index in [4.69, 9.17) is 0 Å². The van der Waals surface area contributed by atoms with E-state index >= 15 is 0 Å². The Labute approximate surface area is 212 Å². The van der Waals surface area contributed by atoms with Gasteiger partial charge in [-0.25, -0.2) is 9.18 Å².